The Kier molecular flexibility index (Phi) is 5.28. The molecule has 0 fully saturated rings. The Morgan fingerprint density at radius 2 is 2.25 bits per heavy atom. The molecule has 0 aliphatic carbocycles. The maximum absolute atomic E-state index is 5.61. The average molecular weight is 226 g/mol. The number of methoxy groups -OCH3 is 1. The number of rotatable bonds is 7. The molecule has 0 saturated carbocycles. The smallest absolute Gasteiger partial charge is 0.0719 e. The summed E-state index contributed by atoms with van der Waals surface area (Å²) in [6.07, 6.45) is 3.53. The zero-order chi connectivity index (χ0) is 12.0. The molecule has 0 radical (unpaired) electrons. The lowest BCUT2D eigenvalue weighted by Crippen LogP contribution is -2.36. The molecule has 0 saturated heterocycles. The maximum Gasteiger partial charge on any atom is 0.0719 e. The summed E-state index contributed by atoms with van der Waals surface area (Å²) in [5.74, 6) is 0. The number of aromatic nitrogens is 2. The van der Waals surface area contributed by atoms with Crippen LogP contribution in [-0.2, 0) is 11.3 Å². The maximum atomic E-state index is 5.61. The van der Waals surface area contributed by atoms with Crippen molar-refractivity contribution in [1.82, 2.24) is 14.7 Å². The van der Waals surface area contributed by atoms with Gasteiger partial charge < -0.3 is 10.5 Å². The van der Waals surface area contributed by atoms with Gasteiger partial charge in [-0.15, -0.1) is 0 Å². The molecule has 1 aromatic heterocycles. The van der Waals surface area contributed by atoms with E-state index >= 15 is 0 Å². The van der Waals surface area contributed by atoms with Crippen molar-refractivity contribution in [3.8, 4) is 0 Å². The summed E-state index contributed by atoms with van der Waals surface area (Å²) in [6, 6.07) is 0.517. The van der Waals surface area contributed by atoms with Gasteiger partial charge in [-0.05, 0) is 13.8 Å². The van der Waals surface area contributed by atoms with E-state index in [0.717, 1.165) is 26.2 Å². The molecule has 0 aliphatic rings. The summed E-state index contributed by atoms with van der Waals surface area (Å²) in [7, 11) is 1.73. The number of ether oxygens (including phenoxy) is 1. The van der Waals surface area contributed by atoms with E-state index in [1.54, 1.807) is 13.3 Å². The minimum Gasteiger partial charge on any atom is -0.396 e. The van der Waals surface area contributed by atoms with Gasteiger partial charge >= 0.3 is 0 Å². The van der Waals surface area contributed by atoms with Crippen LogP contribution >= 0.6 is 0 Å². The first kappa shape index (κ1) is 13.0. The van der Waals surface area contributed by atoms with Crippen molar-refractivity contribution in [2.24, 2.45) is 0 Å². The molecule has 1 rings (SSSR count). The van der Waals surface area contributed by atoms with Crippen molar-refractivity contribution >= 4 is 5.69 Å². The molecule has 1 heterocycles. The van der Waals surface area contributed by atoms with Crippen LogP contribution in [0.15, 0.2) is 12.4 Å². The lowest BCUT2D eigenvalue weighted by molar-refractivity contribution is 0.126. The van der Waals surface area contributed by atoms with Gasteiger partial charge in [0.1, 0.15) is 0 Å². The Bertz CT molecular complexity index is 298. The predicted octanol–water partition coefficient (Wildman–Crippen LogP) is 0.822. The fourth-order valence-electron chi connectivity index (χ4n) is 1.57. The summed E-state index contributed by atoms with van der Waals surface area (Å²) in [4.78, 5) is 2.36. The van der Waals surface area contributed by atoms with Crippen LogP contribution < -0.4 is 5.73 Å². The van der Waals surface area contributed by atoms with Gasteiger partial charge in [0.25, 0.3) is 0 Å². The summed E-state index contributed by atoms with van der Waals surface area (Å²) in [5.41, 5.74) is 6.32. The minimum atomic E-state index is 0.517. The normalized spacial score (nSPS) is 11.6. The van der Waals surface area contributed by atoms with Crippen LogP contribution in [0, 0.1) is 0 Å². The number of anilines is 1. The highest BCUT2D eigenvalue weighted by atomic mass is 16.5. The molecule has 5 nitrogen and oxygen atoms in total. The molecular weight excluding hydrogens is 204 g/mol. The molecular formula is C11H22N4O. The van der Waals surface area contributed by atoms with Gasteiger partial charge in [-0.3, -0.25) is 9.58 Å². The second kappa shape index (κ2) is 6.50. The predicted molar refractivity (Wildman–Crippen MR) is 65.2 cm³/mol. The lowest BCUT2D eigenvalue weighted by Gasteiger charge is -2.25. The van der Waals surface area contributed by atoms with Crippen molar-refractivity contribution in [3.05, 3.63) is 12.4 Å². The number of nitrogen functional groups attached to an aromatic ring is 1. The van der Waals surface area contributed by atoms with Gasteiger partial charge in [-0.2, -0.15) is 5.10 Å². The zero-order valence-electron chi connectivity index (χ0n) is 10.4. The van der Waals surface area contributed by atoms with Gasteiger partial charge in [0.15, 0.2) is 0 Å². The van der Waals surface area contributed by atoms with Crippen LogP contribution in [0.5, 0.6) is 0 Å². The van der Waals surface area contributed by atoms with Crippen LogP contribution in [0.4, 0.5) is 5.69 Å². The molecule has 0 aromatic carbocycles. The topological polar surface area (TPSA) is 56.3 Å². The van der Waals surface area contributed by atoms with Crippen molar-refractivity contribution in [3.63, 3.8) is 0 Å². The van der Waals surface area contributed by atoms with Crippen LogP contribution in [0.2, 0.25) is 0 Å². The molecule has 0 atom stereocenters. The van der Waals surface area contributed by atoms with E-state index < -0.39 is 0 Å². The molecule has 16 heavy (non-hydrogen) atoms. The molecule has 0 amide bonds. The van der Waals surface area contributed by atoms with E-state index in [0.29, 0.717) is 11.7 Å². The van der Waals surface area contributed by atoms with Crippen molar-refractivity contribution in [1.29, 1.82) is 0 Å². The van der Waals surface area contributed by atoms with E-state index in [2.05, 4.69) is 23.8 Å². The molecule has 2 N–H and O–H groups in total. The SMILES string of the molecule is COCCN(CCn1cc(N)cn1)C(C)C. The first-order valence-electron chi connectivity index (χ1n) is 5.64. The van der Waals surface area contributed by atoms with Gasteiger partial charge in [0.2, 0.25) is 0 Å². The molecule has 0 aliphatic heterocycles. The Balaban J connectivity index is 2.37. The van der Waals surface area contributed by atoms with E-state index in [1.807, 2.05) is 10.9 Å². The van der Waals surface area contributed by atoms with Crippen molar-refractivity contribution < 1.29 is 4.74 Å². The summed E-state index contributed by atoms with van der Waals surface area (Å²) < 4.78 is 6.97. The standard InChI is InChI=1S/C11H22N4O/c1-10(2)14(6-7-16-3)4-5-15-9-11(12)8-13-15/h8-10H,4-7,12H2,1-3H3. The van der Waals surface area contributed by atoms with Gasteiger partial charge in [0, 0.05) is 32.4 Å². The summed E-state index contributed by atoms with van der Waals surface area (Å²) in [6.45, 7) is 7.91. The summed E-state index contributed by atoms with van der Waals surface area (Å²) >= 11 is 0. The zero-order valence-corrected chi connectivity index (χ0v) is 10.4. The third-order valence-electron chi connectivity index (χ3n) is 2.58. The highest BCUT2D eigenvalue weighted by molar-refractivity contribution is 5.30. The quantitative estimate of drug-likeness (QED) is 0.748. The van der Waals surface area contributed by atoms with Crippen LogP contribution in [0.3, 0.4) is 0 Å². The average Bonchev–Trinajstić information content (AvgIpc) is 2.64. The molecule has 92 valence electrons. The van der Waals surface area contributed by atoms with E-state index in [4.69, 9.17) is 10.5 Å². The monoisotopic (exact) mass is 226 g/mol. The molecule has 1 aromatic rings. The minimum absolute atomic E-state index is 0.517. The Morgan fingerprint density at radius 1 is 1.50 bits per heavy atom. The highest BCUT2D eigenvalue weighted by Crippen LogP contribution is 2.01. The van der Waals surface area contributed by atoms with E-state index in [-0.39, 0.29) is 0 Å². The highest BCUT2D eigenvalue weighted by Gasteiger charge is 2.08. The molecule has 0 unspecified atom stereocenters. The second-order valence-electron chi connectivity index (χ2n) is 4.16. The Morgan fingerprint density at radius 3 is 2.75 bits per heavy atom. The van der Waals surface area contributed by atoms with E-state index in [9.17, 15) is 0 Å². The number of hydrogen-bond donors (Lipinski definition) is 1. The largest absolute Gasteiger partial charge is 0.396 e. The fourth-order valence-corrected chi connectivity index (χ4v) is 1.57. The molecule has 0 bridgehead atoms. The first-order chi connectivity index (χ1) is 7.63. The third kappa shape index (κ3) is 4.20. The molecule has 5 heteroatoms. The van der Waals surface area contributed by atoms with Crippen LogP contribution in [0.25, 0.3) is 0 Å². The van der Waals surface area contributed by atoms with Crippen molar-refractivity contribution in [2.75, 3.05) is 32.5 Å². The van der Waals surface area contributed by atoms with Crippen LogP contribution in [0.1, 0.15) is 13.8 Å². The first-order valence-corrected chi connectivity index (χ1v) is 5.64. The van der Waals surface area contributed by atoms with Gasteiger partial charge in [-0.1, -0.05) is 0 Å². The third-order valence-corrected chi connectivity index (χ3v) is 2.58. The fraction of sp³-hybridized carbons (Fsp3) is 0.727. The van der Waals surface area contributed by atoms with E-state index in [1.165, 1.54) is 0 Å². The van der Waals surface area contributed by atoms with Crippen molar-refractivity contribution in [2.45, 2.75) is 26.4 Å². The molecule has 0 spiro atoms. The summed E-state index contributed by atoms with van der Waals surface area (Å²) in [5, 5.41) is 4.16. The lowest BCUT2D eigenvalue weighted by atomic mass is 10.3. The van der Waals surface area contributed by atoms with Gasteiger partial charge in [-0.25, -0.2) is 0 Å². The Labute approximate surface area is 97.2 Å². The Hall–Kier alpha value is -1.07. The van der Waals surface area contributed by atoms with Crippen LogP contribution in [-0.4, -0.2) is 47.5 Å². The van der Waals surface area contributed by atoms with Gasteiger partial charge in [0.05, 0.1) is 25.0 Å². The second-order valence-corrected chi connectivity index (χ2v) is 4.16. The number of nitrogens with zero attached hydrogens (tertiary/aromatic N) is 3. The number of hydrogen-bond acceptors (Lipinski definition) is 4. The number of nitrogens with two attached hydrogens (primary N) is 1.